The maximum absolute atomic E-state index is 13.1. The van der Waals surface area contributed by atoms with Gasteiger partial charge in [0, 0.05) is 45.3 Å². The number of hydrogen-bond donors (Lipinski definition) is 1. The van der Waals surface area contributed by atoms with Gasteiger partial charge in [0.2, 0.25) is 0 Å². The number of nitrogens with one attached hydrogen (secondary N) is 1. The number of anilines is 1. The van der Waals surface area contributed by atoms with E-state index in [1.807, 2.05) is 29.4 Å². The molecule has 5 rings (SSSR count). The van der Waals surface area contributed by atoms with E-state index in [-0.39, 0.29) is 11.4 Å². The Bertz CT molecular complexity index is 1060. The Morgan fingerprint density at radius 3 is 3.07 bits per heavy atom. The Kier molecular flexibility index (Phi) is 4.37. The highest BCUT2D eigenvalue weighted by Gasteiger charge is 2.50. The second-order valence-corrected chi connectivity index (χ2v) is 7.91. The van der Waals surface area contributed by atoms with Crippen molar-refractivity contribution in [2.45, 2.75) is 12.0 Å². The van der Waals surface area contributed by atoms with Crippen LogP contribution in [0.5, 0.6) is 0 Å². The normalized spacial score (nSPS) is 20.2. The summed E-state index contributed by atoms with van der Waals surface area (Å²) in [6.45, 7) is 2.58. The summed E-state index contributed by atoms with van der Waals surface area (Å²) in [6, 6.07) is 9.92. The molecule has 0 unspecified atom stereocenters. The molecule has 2 aliphatic heterocycles. The minimum Gasteiger partial charge on any atom is -0.383 e. The van der Waals surface area contributed by atoms with Crippen LogP contribution in [0.25, 0.3) is 5.82 Å². The molecule has 1 N–H and O–H groups in total. The fourth-order valence-electron chi connectivity index (χ4n) is 4.68. The first-order chi connectivity index (χ1) is 14.1. The number of nitrogens with zero attached hydrogens (tertiary/aromatic N) is 4. The third kappa shape index (κ3) is 2.76. The SMILES string of the molecule is COCCN1c2cccnc2-n2cccc2[C@]12CCN(C(=O)c1c[nH]c(Cl)c1)C2. The number of aromatic nitrogens is 3. The van der Waals surface area contributed by atoms with Crippen molar-refractivity contribution in [1.29, 1.82) is 0 Å². The number of carbonyl (C=O) groups is 1. The number of pyridine rings is 1. The van der Waals surface area contributed by atoms with E-state index in [1.165, 1.54) is 0 Å². The number of likely N-dealkylation sites (tertiary alicyclic amines) is 1. The van der Waals surface area contributed by atoms with Crippen LogP contribution in [0, 0.1) is 0 Å². The van der Waals surface area contributed by atoms with Gasteiger partial charge in [0.15, 0.2) is 5.82 Å². The number of H-pyrrole nitrogens is 1. The molecule has 1 spiro atoms. The highest BCUT2D eigenvalue weighted by Crippen LogP contribution is 2.47. The van der Waals surface area contributed by atoms with Crippen molar-refractivity contribution >= 4 is 23.2 Å². The lowest BCUT2D eigenvalue weighted by Crippen LogP contribution is -2.53. The number of ether oxygens (including phenoxy) is 1. The van der Waals surface area contributed by atoms with Crippen molar-refractivity contribution in [2.24, 2.45) is 0 Å². The molecular weight excluding hydrogens is 390 g/mol. The number of halogens is 1. The van der Waals surface area contributed by atoms with E-state index in [0.717, 1.165) is 30.2 Å². The smallest absolute Gasteiger partial charge is 0.255 e. The van der Waals surface area contributed by atoms with Gasteiger partial charge >= 0.3 is 0 Å². The van der Waals surface area contributed by atoms with Crippen LogP contribution in [0.15, 0.2) is 48.9 Å². The molecule has 1 atom stereocenters. The van der Waals surface area contributed by atoms with Crippen LogP contribution in [0.4, 0.5) is 5.69 Å². The van der Waals surface area contributed by atoms with Crippen LogP contribution in [-0.4, -0.2) is 58.7 Å². The zero-order valence-corrected chi connectivity index (χ0v) is 16.9. The molecule has 1 fully saturated rings. The summed E-state index contributed by atoms with van der Waals surface area (Å²) in [4.78, 5) is 24.9. The van der Waals surface area contributed by atoms with E-state index in [4.69, 9.17) is 16.3 Å². The summed E-state index contributed by atoms with van der Waals surface area (Å²) in [5.41, 5.74) is 2.48. The topological polar surface area (TPSA) is 66.4 Å². The number of carbonyl (C=O) groups excluding carboxylic acids is 1. The monoisotopic (exact) mass is 411 g/mol. The minimum atomic E-state index is -0.326. The Balaban J connectivity index is 1.56. The number of methoxy groups -OCH3 is 1. The van der Waals surface area contributed by atoms with Crippen LogP contribution in [-0.2, 0) is 10.3 Å². The lowest BCUT2D eigenvalue weighted by atomic mass is 9.89. The average molecular weight is 412 g/mol. The van der Waals surface area contributed by atoms with Crippen molar-refractivity contribution in [3.05, 3.63) is 65.3 Å². The lowest BCUT2D eigenvalue weighted by Gasteiger charge is -2.47. The molecule has 29 heavy (non-hydrogen) atoms. The van der Waals surface area contributed by atoms with Gasteiger partial charge in [0.1, 0.15) is 10.7 Å². The lowest BCUT2D eigenvalue weighted by molar-refractivity contribution is 0.0781. The highest BCUT2D eigenvalue weighted by molar-refractivity contribution is 6.29. The third-order valence-corrected chi connectivity index (χ3v) is 6.19. The number of fused-ring (bicyclic) bond motifs is 4. The van der Waals surface area contributed by atoms with E-state index >= 15 is 0 Å². The molecular formula is C21H22ClN5O2. The highest BCUT2D eigenvalue weighted by atomic mass is 35.5. The average Bonchev–Trinajstić information content (AvgIpc) is 3.48. The first-order valence-corrected chi connectivity index (χ1v) is 10.0. The second kappa shape index (κ2) is 6.93. The van der Waals surface area contributed by atoms with Crippen molar-refractivity contribution in [2.75, 3.05) is 38.3 Å². The van der Waals surface area contributed by atoms with Gasteiger partial charge in [-0.05, 0) is 36.8 Å². The molecule has 1 saturated heterocycles. The fraction of sp³-hybridized carbons (Fsp3) is 0.333. The van der Waals surface area contributed by atoms with Gasteiger partial charge in [-0.3, -0.25) is 4.79 Å². The summed E-state index contributed by atoms with van der Waals surface area (Å²) in [5.74, 6) is 0.906. The van der Waals surface area contributed by atoms with E-state index in [2.05, 4.69) is 31.6 Å². The molecule has 8 heteroatoms. The Morgan fingerprint density at radius 1 is 1.38 bits per heavy atom. The van der Waals surface area contributed by atoms with Crippen LogP contribution < -0.4 is 4.90 Å². The van der Waals surface area contributed by atoms with Crippen LogP contribution in [0.3, 0.4) is 0 Å². The van der Waals surface area contributed by atoms with E-state index in [0.29, 0.717) is 30.4 Å². The molecule has 1 amide bonds. The summed E-state index contributed by atoms with van der Waals surface area (Å²) >= 11 is 5.98. The van der Waals surface area contributed by atoms with Crippen molar-refractivity contribution < 1.29 is 9.53 Å². The zero-order chi connectivity index (χ0) is 20.0. The van der Waals surface area contributed by atoms with Gasteiger partial charge in [-0.1, -0.05) is 11.6 Å². The van der Waals surface area contributed by atoms with E-state index < -0.39 is 0 Å². The minimum absolute atomic E-state index is 0.00759. The van der Waals surface area contributed by atoms with Gasteiger partial charge in [-0.15, -0.1) is 0 Å². The molecule has 0 aromatic carbocycles. The maximum Gasteiger partial charge on any atom is 0.255 e. The zero-order valence-electron chi connectivity index (χ0n) is 16.1. The molecule has 150 valence electrons. The van der Waals surface area contributed by atoms with E-state index in [1.54, 1.807) is 19.4 Å². The third-order valence-electron chi connectivity index (χ3n) is 5.98. The number of amides is 1. The molecule has 0 saturated carbocycles. The number of hydrogen-bond acceptors (Lipinski definition) is 4. The van der Waals surface area contributed by atoms with E-state index in [9.17, 15) is 4.79 Å². The molecule has 3 aromatic heterocycles. The quantitative estimate of drug-likeness (QED) is 0.716. The molecule has 5 heterocycles. The molecule has 2 aliphatic rings. The predicted molar refractivity (Wildman–Crippen MR) is 111 cm³/mol. The Morgan fingerprint density at radius 2 is 2.28 bits per heavy atom. The molecule has 0 bridgehead atoms. The summed E-state index contributed by atoms with van der Waals surface area (Å²) in [6.07, 6.45) is 6.36. The summed E-state index contributed by atoms with van der Waals surface area (Å²) in [5, 5.41) is 0.468. The van der Waals surface area contributed by atoms with Gasteiger partial charge in [-0.25, -0.2) is 4.98 Å². The first kappa shape index (κ1) is 18.3. The standard InChI is InChI=1S/C21H22ClN5O2/c1-29-11-10-27-16-4-2-7-23-19(16)26-8-3-5-17(26)21(27)6-9-25(14-21)20(28)15-12-18(22)24-13-15/h2-5,7-8,12-13,24H,6,9-11,14H2,1H3/t21-/m1/s1. The summed E-state index contributed by atoms with van der Waals surface area (Å²) in [7, 11) is 1.71. The van der Waals surface area contributed by atoms with Crippen molar-refractivity contribution in [1.82, 2.24) is 19.4 Å². The van der Waals surface area contributed by atoms with Crippen molar-refractivity contribution in [3.8, 4) is 5.82 Å². The molecule has 0 radical (unpaired) electrons. The van der Waals surface area contributed by atoms with Crippen molar-refractivity contribution in [3.63, 3.8) is 0 Å². The predicted octanol–water partition coefficient (Wildman–Crippen LogP) is 3.06. The number of rotatable bonds is 4. The largest absolute Gasteiger partial charge is 0.383 e. The van der Waals surface area contributed by atoms with Crippen LogP contribution >= 0.6 is 11.6 Å². The molecule has 3 aromatic rings. The molecule has 7 nitrogen and oxygen atoms in total. The number of aromatic amines is 1. The van der Waals surface area contributed by atoms with Crippen LogP contribution in [0.1, 0.15) is 22.5 Å². The molecule has 0 aliphatic carbocycles. The van der Waals surface area contributed by atoms with Gasteiger partial charge in [0.05, 0.1) is 23.6 Å². The maximum atomic E-state index is 13.1. The van der Waals surface area contributed by atoms with Gasteiger partial charge in [0.25, 0.3) is 5.91 Å². The van der Waals surface area contributed by atoms with Gasteiger partial charge < -0.3 is 24.1 Å². The fourth-order valence-corrected chi connectivity index (χ4v) is 4.86. The second-order valence-electron chi connectivity index (χ2n) is 7.50. The summed E-state index contributed by atoms with van der Waals surface area (Å²) < 4.78 is 7.56. The Labute approximate surface area is 173 Å². The first-order valence-electron chi connectivity index (χ1n) is 9.67. The van der Waals surface area contributed by atoms with Crippen LogP contribution in [0.2, 0.25) is 5.15 Å². The Hall–Kier alpha value is -2.77. The van der Waals surface area contributed by atoms with Gasteiger partial charge in [-0.2, -0.15) is 0 Å².